The van der Waals surface area contributed by atoms with Crippen molar-refractivity contribution in [2.24, 2.45) is 5.92 Å². The van der Waals surface area contributed by atoms with Crippen molar-refractivity contribution in [2.75, 3.05) is 32.8 Å². The van der Waals surface area contributed by atoms with Gasteiger partial charge in [-0.15, -0.1) is 0 Å². The first kappa shape index (κ1) is 16.9. The van der Waals surface area contributed by atoms with Crippen LogP contribution in [0.3, 0.4) is 0 Å². The molecule has 3 amide bonds. The van der Waals surface area contributed by atoms with Gasteiger partial charge in [0, 0.05) is 25.7 Å². The van der Waals surface area contributed by atoms with Gasteiger partial charge in [0.1, 0.15) is 13.2 Å². The van der Waals surface area contributed by atoms with Crippen molar-refractivity contribution in [1.82, 2.24) is 14.7 Å². The zero-order chi connectivity index (χ0) is 18.1. The maximum absolute atomic E-state index is 12.9. The molecule has 2 bridgehead atoms. The molecule has 0 aliphatic carbocycles. The number of carbonyl (C=O) groups excluding carboxylic acids is 3. The molecule has 7 heteroatoms. The molecule has 4 aliphatic rings. The summed E-state index contributed by atoms with van der Waals surface area (Å²) in [5.41, 5.74) is 1.10. The normalized spacial score (nSPS) is 25.5. The molecule has 0 N–H and O–H groups in total. The third kappa shape index (κ3) is 3.25. The number of nitrogens with zero attached hydrogens (tertiary/aromatic N) is 3. The van der Waals surface area contributed by atoms with Gasteiger partial charge in [0.25, 0.3) is 0 Å². The molecule has 0 saturated carbocycles. The molecule has 0 unspecified atom stereocenters. The average Bonchev–Trinajstić information content (AvgIpc) is 2.87. The van der Waals surface area contributed by atoms with Gasteiger partial charge in [-0.05, 0) is 18.4 Å². The zero-order valence-corrected chi connectivity index (χ0v) is 14.7. The van der Waals surface area contributed by atoms with Gasteiger partial charge in [0.05, 0.1) is 12.5 Å². The van der Waals surface area contributed by atoms with Crippen LogP contribution in [0, 0.1) is 5.92 Å². The molecular weight excluding hydrogens is 334 g/mol. The molecule has 7 nitrogen and oxygen atoms in total. The molecule has 2 atom stereocenters. The first-order chi connectivity index (χ1) is 12.6. The molecule has 5 rings (SSSR count). The zero-order valence-electron chi connectivity index (χ0n) is 14.7. The summed E-state index contributed by atoms with van der Waals surface area (Å²) in [6.45, 7) is 2.39. The topological polar surface area (TPSA) is 70.2 Å². The average molecular weight is 357 g/mol. The monoisotopic (exact) mass is 357 g/mol. The van der Waals surface area contributed by atoms with E-state index in [0.29, 0.717) is 32.8 Å². The molecule has 1 aromatic rings. The van der Waals surface area contributed by atoms with Crippen LogP contribution in [0.25, 0.3) is 0 Å². The molecule has 4 fully saturated rings. The van der Waals surface area contributed by atoms with Gasteiger partial charge in [-0.2, -0.15) is 0 Å². The van der Waals surface area contributed by atoms with E-state index < -0.39 is 6.09 Å². The number of hydrogen-bond donors (Lipinski definition) is 0. The molecule has 4 aliphatic heterocycles. The van der Waals surface area contributed by atoms with E-state index in [-0.39, 0.29) is 30.3 Å². The van der Waals surface area contributed by atoms with Gasteiger partial charge in [0.2, 0.25) is 11.8 Å². The highest BCUT2D eigenvalue weighted by Crippen LogP contribution is 2.30. The Morgan fingerprint density at radius 1 is 1.12 bits per heavy atom. The largest absolute Gasteiger partial charge is 0.448 e. The minimum absolute atomic E-state index is 0.0329. The number of hydrogen-bond acceptors (Lipinski definition) is 4. The van der Waals surface area contributed by atoms with Crippen molar-refractivity contribution in [3.8, 4) is 0 Å². The lowest BCUT2D eigenvalue weighted by molar-refractivity contribution is -0.140. The fraction of sp³-hybridized carbons (Fsp3) is 0.526. The minimum atomic E-state index is -0.432. The second-order valence-electron chi connectivity index (χ2n) is 7.21. The standard InChI is InChI=1S/C19H23N3O4/c23-17(13-20-8-9-26-19(20)25)21-11-15-6-7-16(12-21)22(18(15)24)10-14-4-2-1-3-5-14/h1-5,15-16H,6-13H2/t15-,16+/m1/s1. The number of ether oxygens (including phenoxy) is 1. The van der Waals surface area contributed by atoms with Crippen LogP contribution in [0.1, 0.15) is 18.4 Å². The minimum Gasteiger partial charge on any atom is -0.448 e. The van der Waals surface area contributed by atoms with Crippen molar-refractivity contribution in [3.63, 3.8) is 0 Å². The number of rotatable bonds is 4. The third-order valence-corrected chi connectivity index (χ3v) is 5.51. The highest BCUT2D eigenvalue weighted by atomic mass is 16.6. The third-order valence-electron chi connectivity index (χ3n) is 5.51. The Labute approximate surface area is 152 Å². The highest BCUT2D eigenvalue weighted by molar-refractivity contribution is 5.85. The number of carbonyl (C=O) groups is 3. The van der Waals surface area contributed by atoms with Crippen molar-refractivity contribution in [3.05, 3.63) is 35.9 Å². The molecule has 138 valence electrons. The molecule has 26 heavy (non-hydrogen) atoms. The Bertz CT molecular complexity index is 708. The Balaban J connectivity index is 1.46. The summed E-state index contributed by atoms with van der Waals surface area (Å²) in [5, 5.41) is 0. The Hall–Kier alpha value is -2.57. The smallest absolute Gasteiger partial charge is 0.410 e. The summed E-state index contributed by atoms with van der Waals surface area (Å²) >= 11 is 0. The van der Waals surface area contributed by atoms with Crippen LogP contribution in [0.15, 0.2) is 30.3 Å². The lowest BCUT2D eigenvalue weighted by atomic mass is 9.93. The highest BCUT2D eigenvalue weighted by Gasteiger charge is 2.42. The van der Waals surface area contributed by atoms with Crippen LogP contribution in [0.4, 0.5) is 4.79 Å². The summed E-state index contributed by atoms with van der Waals surface area (Å²) in [4.78, 5) is 42.3. The van der Waals surface area contributed by atoms with Crippen molar-refractivity contribution < 1.29 is 19.1 Å². The molecule has 0 spiro atoms. The van der Waals surface area contributed by atoms with Gasteiger partial charge < -0.3 is 14.5 Å². The van der Waals surface area contributed by atoms with Gasteiger partial charge in [-0.25, -0.2) is 4.79 Å². The van der Waals surface area contributed by atoms with Gasteiger partial charge in [-0.3, -0.25) is 14.5 Å². The number of benzene rings is 1. The molecule has 0 aromatic heterocycles. The molecule has 0 radical (unpaired) electrons. The van der Waals surface area contributed by atoms with E-state index in [2.05, 4.69) is 0 Å². The van der Waals surface area contributed by atoms with E-state index in [1.54, 1.807) is 4.90 Å². The summed E-state index contributed by atoms with van der Waals surface area (Å²) < 4.78 is 4.89. The number of cyclic esters (lactones) is 1. The number of fused-ring (bicyclic) bond motifs is 4. The van der Waals surface area contributed by atoms with Gasteiger partial charge in [-0.1, -0.05) is 30.3 Å². The predicted molar refractivity (Wildman–Crippen MR) is 93.0 cm³/mol. The summed E-state index contributed by atoms with van der Waals surface area (Å²) in [6, 6.07) is 9.99. The van der Waals surface area contributed by atoms with Gasteiger partial charge >= 0.3 is 6.09 Å². The van der Waals surface area contributed by atoms with Crippen molar-refractivity contribution in [1.29, 1.82) is 0 Å². The summed E-state index contributed by atoms with van der Waals surface area (Å²) in [5.74, 6) is -0.108. The Morgan fingerprint density at radius 2 is 1.92 bits per heavy atom. The molecular formula is C19H23N3O4. The van der Waals surface area contributed by atoms with E-state index in [1.165, 1.54) is 4.90 Å². The fourth-order valence-corrected chi connectivity index (χ4v) is 4.06. The van der Waals surface area contributed by atoms with E-state index >= 15 is 0 Å². The first-order valence-corrected chi connectivity index (χ1v) is 9.15. The summed E-state index contributed by atoms with van der Waals surface area (Å²) in [6.07, 6.45) is 1.31. The first-order valence-electron chi connectivity index (χ1n) is 9.15. The molecule has 4 saturated heterocycles. The SMILES string of the molecule is O=C(CN1CCOC1=O)N1C[C@H]2CC[C@@H](C1)N(Cc1ccccc1)C2=O. The Kier molecular flexibility index (Phi) is 4.53. The van der Waals surface area contributed by atoms with Crippen LogP contribution >= 0.6 is 0 Å². The van der Waals surface area contributed by atoms with Gasteiger partial charge in [0.15, 0.2) is 0 Å². The van der Waals surface area contributed by atoms with E-state index in [9.17, 15) is 14.4 Å². The predicted octanol–water partition coefficient (Wildman–Crippen LogP) is 1.09. The van der Waals surface area contributed by atoms with Crippen LogP contribution < -0.4 is 0 Å². The fourth-order valence-electron chi connectivity index (χ4n) is 4.06. The van der Waals surface area contributed by atoms with Crippen LogP contribution in [-0.2, 0) is 20.9 Å². The van der Waals surface area contributed by atoms with Crippen LogP contribution in [-0.4, -0.2) is 71.4 Å². The van der Waals surface area contributed by atoms with Crippen molar-refractivity contribution in [2.45, 2.75) is 25.4 Å². The molecule has 1 aromatic carbocycles. The lowest BCUT2D eigenvalue weighted by Crippen LogP contribution is -2.47. The van der Waals surface area contributed by atoms with E-state index in [4.69, 9.17) is 4.74 Å². The van der Waals surface area contributed by atoms with Crippen LogP contribution in [0.5, 0.6) is 0 Å². The second kappa shape index (κ2) is 6.97. The quantitative estimate of drug-likeness (QED) is 0.809. The van der Waals surface area contributed by atoms with Crippen LogP contribution in [0.2, 0.25) is 0 Å². The van der Waals surface area contributed by atoms with E-state index in [1.807, 2.05) is 35.2 Å². The van der Waals surface area contributed by atoms with E-state index in [0.717, 1.165) is 18.4 Å². The number of piperidine rings is 1. The Morgan fingerprint density at radius 3 is 2.65 bits per heavy atom. The molecule has 4 heterocycles. The van der Waals surface area contributed by atoms with Crippen molar-refractivity contribution >= 4 is 17.9 Å². The lowest BCUT2D eigenvalue weighted by Gasteiger charge is -2.36. The second-order valence-corrected chi connectivity index (χ2v) is 7.21. The maximum atomic E-state index is 12.9. The summed E-state index contributed by atoms with van der Waals surface area (Å²) in [7, 11) is 0. The number of amides is 3. The maximum Gasteiger partial charge on any atom is 0.410 e.